The molecule has 0 saturated heterocycles. The molecular weight excluding hydrogens is 752 g/mol. The van der Waals surface area contributed by atoms with Crippen LogP contribution in [-0.2, 0) is 23.9 Å². The van der Waals surface area contributed by atoms with E-state index in [0.29, 0.717) is 12.0 Å². The highest BCUT2D eigenvalue weighted by molar-refractivity contribution is 6.36. The highest BCUT2D eigenvalue weighted by Gasteiger charge is 2.44. The standard InChI is InChI=1S/C23H23ClN2O5.C16H14ClF3O3/c1-23(2)12-19(27)21(17-11-16(26(29)30)9-10-18(17)24)20(13-23)31-22(28)14-5-7-15(8-6-14)25(3)4;1-15(2)7-11(21)13(9-5-3-4-6-10(9)17)12(8-15)23-14(22)16(18,19)20/h5-11H,12-13H2,1-4H3;3-6H,7-8H2,1-2H3. The molecule has 0 fully saturated rings. The third-order valence-corrected chi connectivity index (χ3v) is 9.19. The normalized spacial score (nSPS) is 16.6. The number of non-ortho nitro benzene ring substituents is 1. The fourth-order valence-corrected chi connectivity index (χ4v) is 6.46. The zero-order chi connectivity index (χ0) is 40.3. The van der Waals surface area contributed by atoms with Gasteiger partial charge in [-0.1, -0.05) is 69.1 Å². The first-order valence-electron chi connectivity index (χ1n) is 16.5. The van der Waals surface area contributed by atoms with Gasteiger partial charge in [0.1, 0.15) is 11.5 Å². The predicted octanol–water partition coefficient (Wildman–Crippen LogP) is 9.82. The van der Waals surface area contributed by atoms with Crippen molar-refractivity contribution in [2.24, 2.45) is 10.8 Å². The van der Waals surface area contributed by atoms with Crippen LogP contribution >= 0.6 is 23.2 Å². The number of allylic oxidation sites excluding steroid dienone is 4. The van der Waals surface area contributed by atoms with E-state index in [1.807, 2.05) is 32.8 Å². The van der Waals surface area contributed by atoms with Crippen LogP contribution in [0.25, 0.3) is 11.1 Å². The molecule has 3 aromatic carbocycles. The number of nitro groups is 1. The van der Waals surface area contributed by atoms with E-state index in [-0.39, 0.29) is 74.6 Å². The predicted molar refractivity (Wildman–Crippen MR) is 198 cm³/mol. The van der Waals surface area contributed by atoms with E-state index in [0.717, 1.165) is 5.69 Å². The van der Waals surface area contributed by atoms with Crippen LogP contribution in [0.4, 0.5) is 24.5 Å². The molecule has 2 aliphatic carbocycles. The molecule has 0 spiro atoms. The van der Waals surface area contributed by atoms with E-state index in [2.05, 4.69) is 4.74 Å². The van der Waals surface area contributed by atoms with Gasteiger partial charge in [-0.05, 0) is 47.2 Å². The molecule has 5 rings (SSSR count). The van der Waals surface area contributed by atoms with Gasteiger partial charge in [0.2, 0.25) is 0 Å². The van der Waals surface area contributed by atoms with Crippen molar-refractivity contribution in [3.63, 3.8) is 0 Å². The van der Waals surface area contributed by atoms with E-state index in [1.165, 1.54) is 30.3 Å². The third kappa shape index (κ3) is 10.1. The summed E-state index contributed by atoms with van der Waals surface area (Å²) in [6, 6.07) is 17.0. The van der Waals surface area contributed by atoms with Crippen LogP contribution in [0.1, 0.15) is 74.9 Å². The lowest BCUT2D eigenvalue weighted by Gasteiger charge is -2.31. The molecule has 0 atom stereocenters. The topological polar surface area (TPSA) is 133 Å². The van der Waals surface area contributed by atoms with Crippen molar-refractivity contribution >= 4 is 69.2 Å². The number of nitrogens with zero attached hydrogens (tertiary/aromatic N) is 2. The summed E-state index contributed by atoms with van der Waals surface area (Å²) in [5.74, 6) is -3.75. The van der Waals surface area contributed by atoms with Gasteiger partial charge in [-0.15, -0.1) is 0 Å². The average molecular weight is 790 g/mol. The van der Waals surface area contributed by atoms with E-state index >= 15 is 0 Å². The number of nitro benzene ring substituents is 1. The molecule has 0 aromatic heterocycles. The lowest BCUT2D eigenvalue weighted by Crippen LogP contribution is -2.31. The Kier molecular flexibility index (Phi) is 12.5. The first-order valence-corrected chi connectivity index (χ1v) is 17.3. The number of ether oxygens (including phenoxy) is 2. The molecule has 2 aliphatic rings. The minimum absolute atomic E-state index is 0.0289. The van der Waals surface area contributed by atoms with Crippen LogP contribution in [0, 0.1) is 20.9 Å². The summed E-state index contributed by atoms with van der Waals surface area (Å²) in [6.45, 7) is 7.23. The molecule has 0 aliphatic heterocycles. The number of anilines is 1. The van der Waals surface area contributed by atoms with Gasteiger partial charge >= 0.3 is 18.1 Å². The van der Waals surface area contributed by atoms with Crippen LogP contribution in [-0.4, -0.2) is 48.7 Å². The molecule has 15 heteroatoms. The number of hydrogen-bond acceptors (Lipinski definition) is 9. The van der Waals surface area contributed by atoms with Crippen LogP contribution in [0.15, 0.2) is 78.2 Å². The Morgan fingerprint density at radius 2 is 1.26 bits per heavy atom. The van der Waals surface area contributed by atoms with Crippen molar-refractivity contribution in [3.05, 3.63) is 115 Å². The molecule has 0 N–H and O–H groups in total. The minimum atomic E-state index is -5.14. The maximum atomic E-state index is 13.0. The van der Waals surface area contributed by atoms with Gasteiger partial charge in [-0.3, -0.25) is 19.7 Å². The molecular formula is C39H37Cl2F3N2O8. The Balaban J connectivity index is 0.000000252. The molecule has 0 heterocycles. The molecule has 0 amide bonds. The minimum Gasteiger partial charge on any atom is -0.427 e. The van der Waals surface area contributed by atoms with Crippen molar-refractivity contribution in [1.29, 1.82) is 0 Å². The highest BCUT2D eigenvalue weighted by atomic mass is 35.5. The zero-order valence-electron chi connectivity index (χ0n) is 30.2. The molecule has 286 valence electrons. The lowest BCUT2D eigenvalue weighted by atomic mass is 9.75. The van der Waals surface area contributed by atoms with E-state index < -0.39 is 39.7 Å². The quantitative estimate of drug-likeness (QED) is 0.130. The Morgan fingerprint density at radius 1 is 0.759 bits per heavy atom. The molecule has 0 radical (unpaired) electrons. The number of benzene rings is 3. The molecule has 0 unspecified atom stereocenters. The number of rotatable bonds is 7. The molecule has 0 saturated carbocycles. The summed E-state index contributed by atoms with van der Waals surface area (Å²) in [5.41, 5.74) is 0.531. The van der Waals surface area contributed by atoms with Crippen LogP contribution < -0.4 is 4.90 Å². The lowest BCUT2D eigenvalue weighted by molar-refractivity contribution is -0.384. The zero-order valence-corrected chi connectivity index (χ0v) is 31.7. The second-order valence-electron chi connectivity index (χ2n) is 14.6. The SMILES string of the molecule is CC1(C)CC(=O)C(c2ccccc2Cl)=C(OC(=O)C(F)(F)F)C1.CN(C)c1ccc(C(=O)OC2=C(c3cc([N+](=O)[O-])ccc3Cl)C(=O)CC(C)(C)C2)cc1. The summed E-state index contributed by atoms with van der Waals surface area (Å²) in [4.78, 5) is 62.0. The van der Waals surface area contributed by atoms with Crippen molar-refractivity contribution < 1.29 is 46.7 Å². The summed E-state index contributed by atoms with van der Waals surface area (Å²) in [6.07, 6.45) is -4.46. The Labute approximate surface area is 319 Å². The first kappa shape index (κ1) is 41.7. The van der Waals surface area contributed by atoms with Crippen molar-refractivity contribution in [3.8, 4) is 0 Å². The van der Waals surface area contributed by atoms with Gasteiger partial charge in [0, 0.05) is 78.8 Å². The monoisotopic (exact) mass is 788 g/mol. The van der Waals surface area contributed by atoms with Gasteiger partial charge in [-0.2, -0.15) is 13.2 Å². The summed E-state index contributed by atoms with van der Waals surface area (Å²) in [7, 11) is 3.78. The fraction of sp³-hybridized carbons (Fsp3) is 0.333. The highest BCUT2D eigenvalue weighted by Crippen LogP contribution is 2.44. The number of halogens is 5. The number of hydrogen-bond donors (Lipinski definition) is 0. The molecule has 0 bridgehead atoms. The third-order valence-electron chi connectivity index (χ3n) is 8.53. The van der Waals surface area contributed by atoms with Crippen molar-refractivity contribution in [2.75, 3.05) is 19.0 Å². The summed E-state index contributed by atoms with van der Waals surface area (Å²) < 4.78 is 47.7. The number of carbonyl (C=O) groups is 4. The van der Waals surface area contributed by atoms with Crippen LogP contribution in [0.5, 0.6) is 0 Å². The smallest absolute Gasteiger partial charge is 0.427 e. The number of carbonyl (C=O) groups excluding carboxylic acids is 4. The van der Waals surface area contributed by atoms with Gasteiger partial charge in [0.15, 0.2) is 11.6 Å². The van der Waals surface area contributed by atoms with E-state index in [9.17, 15) is 42.5 Å². The number of alkyl halides is 3. The molecule has 3 aromatic rings. The number of Topliss-reactive ketones (excluding diaryl/α,β-unsaturated/α-hetero) is 2. The number of esters is 2. The maximum absolute atomic E-state index is 13.0. The Bertz CT molecular complexity index is 2070. The van der Waals surface area contributed by atoms with E-state index in [1.54, 1.807) is 50.2 Å². The van der Waals surface area contributed by atoms with Crippen LogP contribution in [0.3, 0.4) is 0 Å². The summed E-state index contributed by atoms with van der Waals surface area (Å²) in [5, 5.41) is 11.6. The summed E-state index contributed by atoms with van der Waals surface area (Å²) >= 11 is 12.3. The first-order chi connectivity index (χ1) is 25.0. The fourth-order valence-electron chi connectivity index (χ4n) is 6.02. The van der Waals surface area contributed by atoms with Crippen molar-refractivity contribution in [2.45, 2.75) is 59.6 Å². The number of ketones is 2. The van der Waals surface area contributed by atoms with Gasteiger partial charge in [-0.25, -0.2) is 9.59 Å². The Morgan fingerprint density at radius 3 is 1.76 bits per heavy atom. The van der Waals surface area contributed by atoms with Gasteiger partial charge in [0.05, 0.1) is 21.6 Å². The second-order valence-corrected chi connectivity index (χ2v) is 15.4. The van der Waals surface area contributed by atoms with Crippen molar-refractivity contribution in [1.82, 2.24) is 0 Å². The molecule has 54 heavy (non-hydrogen) atoms. The van der Waals surface area contributed by atoms with Gasteiger partial charge in [0.25, 0.3) is 5.69 Å². The van der Waals surface area contributed by atoms with Gasteiger partial charge < -0.3 is 14.4 Å². The van der Waals surface area contributed by atoms with E-state index in [4.69, 9.17) is 27.9 Å². The Hall–Kier alpha value is -5.01. The molecule has 10 nitrogen and oxygen atoms in total. The largest absolute Gasteiger partial charge is 0.491 e. The average Bonchev–Trinajstić information content (AvgIpc) is 3.04. The second kappa shape index (κ2) is 16.2. The maximum Gasteiger partial charge on any atom is 0.491 e. The van der Waals surface area contributed by atoms with Crippen LogP contribution in [0.2, 0.25) is 10.0 Å².